The fourth-order valence-corrected chi connectivity index (χ4v) is 1.90. The normalized spacial score (nSPS) is 13.0. The van der Waals surface area contributed by atoms with Crippen LogP contribution in [0, 0.1) is 0 Å². The number of aliphatic hydroxyl groups excluding tert-OH is 1. The number of hydrogen-bond acceptors (Lipinski definition) is 5. The molecule has 1 rings (SSSR count). The van der Waals surface area contributed by atoms with Gasteiger partial charge in [-0.2, -0.15) is 0 Å². The molecule has 0 aliphatic rings. The number of methoxy groups -OCH3 is 1. The second kappa shape index (κ2) is 6.90. The van der Waals surface area contributed by atoms with Gasteiger partial charge in [0.25, 0.3) is 0 Å². The second-order valence-corrected chi connectivity index (χ2v) is 4.14. The zero-order valence-electron chi connectivity index (χ0n) is 9.10. The van der Waals surface area contributed by atoms with Crippen molar-refractivity contribution in [3.05, 3.63) is 16.1 Å². The van der Waals surface area contributed by atoms with E-state index in [9.17, 15) is 5.11 Å². The van der Waals surface area contributed by atoms with E-state index in [1.165, 1.54) is 0 Å². The summed E-state index contributed by atoms with van der Waals surface area (Å²) < 4.78 is 10.2. The van der Waals surface area contributed by atoms with Gasteiger partial charge >= 0.3 is 0 Å². The Bertz CT molecular complexity index is 275. The molecular formula is C10H17NO3S. The molecule has 0 saturated heterocycles. The predicted octanol–water partition coefficient (Wildman–Crippen LogP) is 1.40. The molecule has 1 unspecified atom stereocenters. The van der Waals surface area contributed by atoms with Crippen molar-refractivity contribution in [3.63, 3.8) is 0 Å². The molecule has 1 aromatic heterocycles. The van der Waals surface area contributed by atoms with Crippen molar-refractivity contribution < 1.29 is 14.6 Å². The highest BCUT2D eigenvalue weighted by molar-refractivity contribution is 7.09. The minimum atomic E-state index is -0.482. The summed E-state index contributed by atoms with van der Waals surface area (Å²) in [5, 5.41) is 12.2. The smallest absolute Gasteiger partial charge is 0.0952 e. The topological polar surface area (TPSA) is 51.6 Å². The van der Waals surface area contributed by atoms with Gasteiger partial charge < -0.3 is 14.6 Å². The highest BCUT2D eigenvalue weighted by atomic mass is 32.1. The fraction of sp³-hybridized carbons (Fsp3) is 0.700. The molecule has 1 aromatic rings. The first-order valence-corrected chi connectivity index (χ1v) is 5.81. The van der Waals surface area contributed by atoms with E-state index in [1.807, 2.05) is 5.38 Å². The van der Waals surface area contributed by atoms with Crippen LogP contribution in [0.5, 0.6) is 0 Å². The van der Waals surface area contributed by atoms with Crippen molar-refractivity contribution in [2.75, 3.05) is 26.9 Å². The molecule has 0 spiro atoms. The Morgan fingerprint density at radius 2 is 2.27 bits per heavy atom. The lowest BCUT2D eigenvalue weighted by Gasteiger charge is -2.01. The first-order valence-electron chi connectivity index (χ1n) is 4.93. The highest BCUT2D eigenvalue weighted by Gasteiger charge is 2.06. The molecule has 0 aliphatic carbocycles. The van der Waals surface area contributed by atoms with Gasteiger partial charge in [-0.05, 0) is 6.92 Å². The maximum absolute atomic E-state index is 9.27. The van der Waals surface area contributed by atoms with Crippen LogP contribution in [0.2, 0.25) is 0 Å². The van der Waals surface area contributed by atoms with Crippen LogP contribution in [-0.2, 0) is 15.9 Å². The molecule has 4 nitrogen and oxygen atoms in total. The third kappa shape index (κ3) is 4.70. The van der Waals surface area contributed by atoms with Gasteiger partial charge in [0, 0.05) is 18.9 Å². The van der Waals surface area contributed by atoms with Crippen molar-refractivity contribution in [1.29, 1.82) is 0 Å². The molecule has 0 bridgehead atoms. The summed E-state index contributed by atoms with van der Waals surface area (Å²) in [5.74, 6) is 0. The molecule has 1 N–H and O–H groups in total. The number of hydrogen-bond donors (Lipinski definition) is 1. The van der Waals surface area contributed by atoms with E-state index in [4.69, 9.17) is 9.47 Å². The third-order valence-corrected chi connectivity index (χ3v) is 2.82. The molecule has 0 radical (unpaired) electrons. The van der Waals surface area contributed by atoms with E-state index < -0.39 is 6.10 Å². The summed E-state index contributed by atoms with van der Waals surface area (Å²) in [7, 11) is 1.65. The monoisotopic (exact) mass is 231 g/mol. The molecule has 5 heteroatoms. The number of nitrogens with zero attached hydrogens (tertiary/aromatic N) is 1. The van der Waals surface area contributed by atoms with Crippen molar-refractivity contribution >= 4 is 11.3 Å². The fourth-order valence-electron chi connectivity index (χ4n) is 1.04. The first kappa shape index (κ1) is 12.6. The van der Waals surface area contributed by atoms with Crippen LogP contribution in [-0.4, -0.2) is 37.0 Å². The first-order chi connectivity index (χ1) is 7.24. The predicted molar refractivity (Wildman–Crippen MR) is 59.1 cm³/mol. The van der Waals surface area contributed by atoms with Gasteiger partial charge in [0.15, 0.2) is 0 Å². The molecule has 0 aliphatic heterocycles. The summed E-state index contributed by atoms with van der Waals surface area (Å²) in [4.78, 5) is 4.28. The Balaban J connectivity index is 2.20. The van der Waals surface area contributed by atoms with Crippen molar-refractivity contribution in [2.45, 2.75) is 19.4 Å². The van der Waals surface area contributed by atoms with Crippen LogP contribution >= 0.6 is 11.3 Å². The average Bonchev–Trinajstić information content (AvgIpc) is 2.66. The van der Waals surface area contributed by atoms with Crippen molar-refractivity contribution in [3.8, 4) is 0 Å². The maximum atomic E-state index is 9.27. The zero-order valence-corrected chi connectivity index (χ0v) is 9.92. The number of rotatable bonds is 7. The lowest BCUT2D eigenvalue weighted by molar-refractivity contribution is 0.0722. The van der Waals surface area contributed by atoms with Gasteiger partial charge in [-0.15, -0.1) is 11.3 Å². The Labute approximate surface area is 93.9 Å². The standard InChI is InChI=1S/C10H17NO3S/c1-8(12)9-7-15-10(11-9)3-4-14-6-5-13-2/h7-8,12H,3-6H2,1-2H3. The van der Waals surface area contributed by atoms with E-state index in [-0.39, 0.29) is 0 Å². The maximum Gasteiger partial charge on any atom is 0.0952 e. The van der Waals surface area contributed by atoms with Gasteiger partial charge in [0.2, 0.25) is 0 Å². The van der Waals surface area contributed by atoms with Crippen LogP contribution < -0.4 is 0 Å². The molecule has 0 amide bonds. The minimum Gasteiger partial charge on any atom is -0.387 e. The summed E-state index contributed by atoms with van der Waals surface area (Å²) in [6.45, 7) is 3.60. The summed E-state index contributed by atoms with van der Waals surface area (Å²) >= 11 is 1.56. The molecule has 0 fully saturated rings. The number of thiazole rings is 1. The third-order valence-electron chi connectivity index (χ3n) is 1.89. The van der Waals surface area contributed by atoms with Crippen molar-refractivity contribution in [2.24, 2.45) is 0 Å². The highest BCUT2D eigenvalue weighted by Crippen LogP contribution is 2.16. The second-order valence-electron chi connectivity index (χ2n) is 3.20. The van der Waals surface area contributed by atoms with Crippen LogP contribution in [0.3, 0.4) is 0 Å². The lowest BCUT2D eigenvalue weighted by atomic mass is 10.3. The molecule has 0 aromatic carbocycles. The Hall–Kier alpha value is -0.490. The van der Waals surface area contributed by atoms with Crippen LogP contribution in [0.4, 0.5) is 0 Å². The summed E-state index contributed by atoms with van der Waals surface area (Å²) in [5.41, 5.74) is 0.742. The number of aromatic nitrogens is 1. The molecule has 15 heavy (non-hydrogen) atoms. The van der Waals surface area contributed by atoms with Crippen LogP contribution in [0.1, 0.15) is 23.7 Å². The SMILES string of the molecule is COCCOCCc1nc(C(C)O)cs1. The van der Waals surface area contributed by atoms with E-state index in [0.29, 0.717) is 19.8 Å². The Morgan fingerprint density at radius 3 is 2.87 bits per heavy atom. The van der Waals surface area contributed by atoms with E-state index in [1.54, 1.807) is 25.4 Å². The van der Waals surface area contributed by atoms with E-state index >= 15 is 0 Å². The molecule has 1 atom stereocenters. The minimum absolute atomic E-state index is 0.482. The van der Waals surface area contributed by atoms with Gasteiger partial charge in [-0.3, -0.25) is 0 Å². The molecule has 0 saturated carbocycles. The molecule has 1 heterocycles. The largest absolute Gasteiger partial charge is 0.387 e. The number of aliphatic hydroxyl groups is 1. The van der Waals surface area contributed by atoms with Gasteiger partial charge in [-0.1, -0.05) is 0 Å². The summed E-state index contributed by atoms with van der Waals surface area (Å²) in [6, 6.07) is 0. The Morgan fingerprint density at radius 1 is 1.47 bits per heavy atom. The van der Waals surface area contributed by atoms with Crippen molar-refractivity contribution in [1.82, 2.24) is 4.98 Å². The van der Waals surface area contributed by atoms with E-state index in [2.05, 4.69) is 4.98 Å². The van der Waals surface area contributed by atoms with Crippen LogP contribution in [0.15, 0.2) is 5.38 Å². The number of ether oxygens (including phenoxy) is 2. The van der Waals surface area contributed by atoms with Crippen LogP contribution in [0.25, 0.3) is 0 Å². The Kier molecular flexibility index (Phi) is 5.78. The lowest BCUT2D eigenvalue weighted by Crippen LogP contribution is -2.05. The summed E-state index contributed by atoms with van der Waals surface area (Å²) in [6.07, 6.45) is 0.311. The molecule has 86 valence electrons. The quantitative estimate of drug-likeness (QED) is 0.721. The van der Waals surface area contributed by atoms with Gasteiger partial charge in [0.05, 0.1) is 36.6 Å². The van der Waals surface area contributed by atoms with E-state index in [0.717, 1.165) is 17.1 Å². The van der Waals surface area contributed by atoms with Gasteiger partial charge in [0.1, 0.15) is 0 Å². The van der Waals surface area contributed by atoms with Gasteiger partial charge in [-0.25, -0.2) is 4.98 Å². The zero-order chi connectivity index (χ0) is 11.1. The average molecular weight is 231 g/mol. The molecular weight excluding hydrogens is 214 g/mol.